The Morgan fingerprint density at radius 2 is 1.60 bits per heavy atom. The number of thiol groups is 1. The Hall–Kier alpha value is -3.06. The molecule has 12 heteroatoms. The summed E-state index contributed by atoms with van der Waals surface area (Å²) >= 11 is 4.32. The fourth-order valence-electron chi connectivity index (χ4n) is 4.73. The van der Waals surface area contributed by atoms with E-state index in [-0.39, 0.29) is 42.5 Å². The van der Waals surface area contributed by atoms with Gasteiger partial charge < -0.3 is 14.9 Å². The molecule has 1 aliphatic rings. The molecule has 1 aliphatic heterocycles. The quantitative estimate of drug-likeness (QED) is 0.389. The molecule has 0 spiro atoms. The summed E-state index contributed by atoms with van der Waals surface area (Å²) in [5.41, 5.74) is -2.18. The van der Waals surface area contributed by atoms with Crippen LogP contribution in [0, 0.1) is 0 Å². The average Bonchev–Trinajstić information content (AvgIpc) is 2.91. The van der Waals surface area contributed by atoms with Crippen molar-refractivity contribution < 1.29 is 31.5 Å². The second-order valence-corrected chi connectivity index (χ2v) is 12.1. The van der Waals surface area contributed by atoms with Gasteiger partial charge in [-0.1, -0.05) is 42.5 Å². The maximum absolute atomic E-state index is 13.6. The minimum atomic E-state index is -4.86. The van der Waals surface area contributed by atoms with Crippen LogP contribution in [-0.4, -0.2) is 62.1 Å². The summed E-state index contributed by atoms with van der Waals surface area (Å²) in [6.07, 6.45) is -4.86. The van der Waals surface area contributed by atoms with Gasteiger partial charge in [0.1, 0.15) is 0 Å². The van der Waals surface area contributed by atoms with Crippen molar-refractivity contribution in [1.82, 2.24) is 4.31 Å². The van der Waals surface area contributed by atoms with Gasteiger partial charge in [0.25, 0.3) is 0 Å². The lowest BCUT2D eigenvalue weighted by Gasteiger charge is -2.44. The minimum absolute atomic E-state index is 0.0169. The summed E-state index contributed by atoms with van der Waals surface area (Å²) in [5.74, 6) is -0.247. The first-order valence-electron chi connectivity index (χ1n) is 12.5. The van der Waals surface area contributed by atoms with Gasteiger partial charge in [0.2, 0.25) is 15.9 Å². The fourth-order valence-corrected chi connectivity index (χ4v) is 6.79. The maximum Gasteiger partial charge on any atom is 0.421 e. The zero-order chi connectivity index (χ0) is 29.3. The highest BCUT2D eigenvalue weighted by molar-refractivity contribution is 7.90. The van der Waals surface area contributed by atoms with Gasteiger partial charge in [-0.15, -0.1) is 12.6 Å². The highest BCUT2D eigenvalue weighted by atomic mass is 32.2. The number of hydrogen-bond acceptors (Lipinski definition) is 6. The van der Waals surface area contributed by atoms with E-state index in [0.29, 0.717) is 23.2 Å². The zero-order valence-electron chi connectivity index (χ0n) is 21.9. The summed E-state index contributed by atoms with van der Waals surface area (Å²) in [7, 11) is -3.93. The van der Waals surface area contributed by atoms with Crippen LogP contribution in [0.2, 0.25) is 0 Å². The largest absolute Gasteiger partial charge is 0.421 e. The molecule has 214 valence electrons. The number of para-hydroxylation sites is 1. The summed E-state index contributed by atoms with van der Waals surface area (Å²) in [4.78, 5) is 16.5. The number of amides is 1. The molecule has 2 atom stereocenters. The number of sulfonamides is 1. The van der Waals surface area contributed by atoms with Gasteiger partial charge >= 0.3 is 6.18 Å². The van der Waals surface area contributed by atoms with Gasteiger partial charge in [0.05, 0.1) is 10.9 Å². The van der Waals surface area contributed by atoms with E-state index in [2.05, 4.69) is 12.6 Å². The van der Waals surface area contributed by atoms with Crippen molar-refractivity contribution in [1.29, 1.82) is 0 Å². The van der Waals surface area contributed by atoms with Gasteiger partial charge in [0.15, 0.2) is 5.60 Å². The molecule has 1 heterocycles. The second kappa shape index (κ2) is 11.4. The lowest BCUT2D eigenvalue weighted by atomic mass is 9.95. The number of halogens is 3. The van der Waals surface area contributed by atoms with E-state index in [9.17, 15) is 31.5 Å². The molecule has 40 heavy (non-hydrogen) atoms. The van der Waals surface area contributed by atoms with Gasteiger partial charge in [-0.2, -0.15) is 17.5 Å². The molecule has 0 unspecified atom stereocenters. The summed E-state index contributed by atoms with van der Waals surface area (Å²) in [5, 5.41) is 10.1. The highest BCUT2D eigenvalue weighted by Gasteiger charge is 2.51. The molecule has 1 fully saturated rings. The summed E-state index contributed by atoms with van der Waals surface area (Å²) < 4.78 is 68.6. The van der Waals surface area contributed by atoms with Crippen molar-refractivity contribution in [3.05, 3.63) is 84.4 Å². The highest BCUT2D eigenvalue weighted by Crippen LogP contribution is 2.39. The molecular weight excluding hydrogens is 563 g/mol. The van der Waals surface area contributed by atoms with Crippen LogP contribution in [0.25, 0.3) is 0 Å². The SMILES string of the molecule is CC(=O)N(C[C@H]1CN(S(=O)(=O)c2ccccc2S)CCN1c1ccc([C@](C)(O)C(F)(F)F)cc1)c1ccccc1. The molecule has 0 radical (unpaired) electrons. The maximum atomic E-state index is 13.6. The monoisotopic (exact) mass is 593 g/mol. The Morgan fingerprint density at radius 3 is 2.17 bits per heavy atom. The molecule has 7 nitrogen and oxygen atoms in total. The molecule has 0 aliphatic carbocycles. The van der Waals surface area contributed by atoms with E-state index in [1.807, 2.05) is 11.0 Å². The van der Waals surface area contributed by atoms with Gasteiger partial charge in [-0.3, -0.25) is 4.79 Å². The first-order chi connectivity index (χ1) is 18.7. The van der Waals surface area contributed by atoms with Crippen molar-refractivity contribution in [2.45, 2.75) is 41.5 Å². The van der Waals surface area contributed by atoms with Gasteiger partial charge in [-0.25, -0.2) is 8.42 Å². The minimum Gasteiger partial charge on any atom is -0.376 e. The van der Waals surface area contributed by atoms with Gasteiger partial charge in [0, 0.05) is 49.4 Å². The van der Waals surface area contributed by atoms with E-state index >= 15 is 0 Å². The first kappa shape index (κ1) is 29.9. The molecule has 4 rings (SSSR count). The lowest BCUT2D eigenvalue weighted by molar-refractivity contribution is -0.258. The van der Waals surface area contributed by atoms with Crippen LogP contribution in [0.4, 0.5) is 24.5 Å². The number of carbonyl (C=O) groups excluding carboxylic acids is 1. The van der Waals surface area contributed by atoms with Crippen molar-refractivity contribution in [2.75, 3.05) is 36.0 Å². The van der Waals surface area contributed by atoms with Crippen LogP contribution in [0.15, 0.2) is 88.7 Å². The van der Waals surface area contributed by atoms with Crippen molar-refractivity contribution >= 4 is 39.9 Å². The predicted octanol–water partition coefficient (Wildman–Crippen LogP) is 4.68. The van der Waals surface area contributed by atoms with Crippen LogP contribution < -0.4 is 9.80 Å². The number of anilines is 2. The number of aliphatic hydroxyl groups is 1. The number of alkyl halides is 3. The Balaban J connectivity index is 1.70. The van der Waals surface area contributed by atoms with E-state index in [0.717, 1.165) is 0 Å². The molecule has 1 amide bonds. The standard InChI is InChI=1S/C28H30F3N3O4S2/c1-20(35)34(22-8-4-3-5-9-22)19-24-18-32(40(37,38)26-11-7-6-10-25(26)39)16-17-33(24)23-14-12-21(13-15-23)27(2,36)28(29,30)31/h3-15,24,36,39H,16-19H2,1-2H3/t24-,27+/m1/s1. The molecular formula is C28H30F3N3O4S2. The Bertz CT molecular complexity index is 1450. The first-order valence-corrected chi connectivity index (χ1v) is 14.4. The topological polar surface area (TPSA) is 81.2 Å². The Kier molecular flexibility index (Phi) is 8.55. The molecule has 0 saturated carbocycles. The van der Waals surface area contributed by atoms with E-state index < -0.39 is 27.8 Å². The van der Waals surface area contributed by atoms with Crippen LogP contribution >= 0.6 is 12.6 Å². The van der Waals surface area contributed by atoms with E-state index in [1.165, 1.54) is 41.6 Å². The third-order valence-electron chi connectivity index (χ3n) is 7.08. The molecule has 0 aromatic heterocycles. The normalized spacial score (nSPS) is 18.3. The summed E-state index contributed by atoms with van der Waals surface area (Å²) in [6, 6.07) is 20.1. The number of rotatable bonds is 7. The van der Waals surface area contributed by atoms with Crippen molar-refractivity contribution in [2.24, 2.45) is 0 Å². The molecule has 3 aromatic carbocycles. The lowest BCUT2D eigenvalue weighted by Crippen LogP contribution is -2.59. The number of carbonyl (C=O) groups is 1. The van der Waals surface area contributed by atoms with Gasteiger partial charge in [-0.05, 0) is 48.9 Å². The second-order valence-electron chi connectivity index (χ2n) is 9.76. The number of hydrogen-bond donors (Lipinski definition) is 2. The van der Waals surface area contributed by atoms with E-state index in [1.54, 1.807) is 47.4 Å². The van der Waals surface area contributed by atoms with E-state index in [4.69, 9.17) is 0 Å². The zero-order valence-corrected chi connectivity index (χ0v) is 23.6. The molecule has 1 saturated heterocycles. The van der Waals surface area contributed by atoms with Crippen LogP contribution in [-0.2, 0) is 20.4 Å². The average molecular weight is 594 g/mol. The van der Waals surface area contributed by atoms with Crippen LogP contribution in [0.1, 0.15) is 19.4 Å². The smallest absolute Gasteiger partial charge is 0.376 e. The summed E-state index contributed by atoms with van der Waals surface area (Å²) in [6.45, 7) is 2.57. The molecule has 0 bridgehead atoms. The number of nitrogens with zero attached hydrogens (tertiary/aromatic N) is 3. The Labute approximate surface area is 237 Å². The van der Waals surface area contributed by atoms with Crippen LogP contribution in [0.5, 0.6) is 0 Å². The third kappa shape index (κ3) is 5.99. The van der Waals surface area contributed by atoms with Crippen molar-refractivity contribution in [3.8, 4) is 0 Å². The van der Waals surface area contributed by atoms with Crippen LogP contribution in [0.3, 0.4) is 0 Å². The Morgan fingerprint density at radius 1 is 1.00 bits per heavy atom. The fraction of sp³-hybridized carbons (Fsp3) is 0.321. The van der Waals surface area contributed by atoms with Crippen molar-refractivity contribution in [3.63, 3.8) is 0 Å². The number of benzene rings is 3. The predicted molar refractivity (Wildman–Crippen MR) is 150 cm³/mol. The number of piperazine rings is 1. The molecule has 1 N–H and O–H groups in total. The third-order valence-corrected chi connectivity index (χ3v) is 9.55. The molecule has 3 aromatic rings.